The zero-order valence-corrected chi connectivity index (χ0v) is 45.3. The lowest BCUT2D eigenvalue weighted by molar-refractivity contribution is -0.167. The Morgan fingerprint density at radius 1 is 0.304 bits per heavy atom. The molecule has 0 aromatic heterocycles. The van der Waals surface area contributed by atoms with Gasteiger partial charge in [-0.05, 0) is 116 Å². The van der Waals surface area contributed by atoms with Gasteiger partial charge in [0.15, 0.2) is 6.10 Å². The molecule has 0 N–H and O–H groups in total. The van der Waals surface area contributed by atoms with Crippen molar-refractivity contribution in [2.24, 2.45) is 0 Å². The molecule has 0 radical (unpaired) electrons. The van der Waals surface area contributed by atoms with E-state index < -0.39 is 6.10 Å². The first-order valence-corrected chi connectivity index (χ1v) is 29.1. The minimum Gasteiger partial charge on any atom is -0.462 e. The van der Waals surface area contributed by atoms with Crippen LogP contribution in [-0.4, -0.2) is 37.2 Å². The van der Waals surface area contributed by atoms with Gasteiger partial charge < -0.3 is 14.2 Å². The van der Waals surface area contributed by atoms with E-state index in [4.69, 9.17) is 14.2 Å². The molecule has 6 heteroatoms. The summed E-state index contributed by atoms with van der Waals surface area (Å²) in [7, 11) is 0. The molecule has 6 nitrogen and oxygen atoms in total. The Balaban J connectivity index is 4.43. The lowest BCUT2D eigenvalue weighted by Gasteiger charge is -2.18. The van der Waals surface area contributed by atoms with Crippen LogP contribution in [0.15, 0.2) is 85.1 Å². The molecular formula is C63H108O6. The third-order valence-corrected chi connectivity index (χ3v) is 12.4. The highest BCUT2D eigenvalue weighted by atomic mass is 16.6. The van der Waals surface area contributed by atoms with E-state index in [2.05, 4.69) is 106 Å². The summed E-state index contributed by atoms with van der Waals surface area (Å²) < 4.78 is 16.8. The van der Waals surface area contributed by atoms with Crippen molar-refractivity contribution in [1.82, 2.24) is 0 Å². The molecule has 0 aromatic carbocycles. The molecule has 0 rings (SSSR count). The van der Waals surface area contributed by atoms with Gasteiger partial charge in [0.25, 0.3) is 0 Å². The Morgan fingerprint density at radius 3 is 0.957 bits per heavy atom. The van der Waals surface area contributed by atoms with Gasteiger partial charge >= 0.3 is 17.9 Å². The van der Waals surface area contributed by atoms with Gasteiger partial charge in [-0.15, -0.1) is 0 Å². The summed E-state index contributed by atoms with van der Waals surface area (Å²) in [6.45, 7) is 6.47. The van der Waals surface area contributed by atoms with Gasteiger partial charge in [-0.25, -0.2) is 0 Å². The molecule has 396 valence electrons. The Kier molecular flexibility index (Phi) is 54.3. The highest BCUT2D eigenvalue weighted by Crippen LogP contribution is 2.15. The van der Waals surface area contributed by atoms with Crippen LogP contribution in [0.3, 0.4) is 0 Å². The van der Waals surface area contributed by atoms with E-state index in [1.165, 1.54) is 148 Å². The summed E-state index contributed by atoms with van der Waals surface area (Å²) in [5.74, 6) is -0.941. The van der Waals surface area contributed by atoms with Crippen LogP contribution in [0.2, 0.25) is 0 Å². The van der Waals surface area contributed by atoms with E-state index in [1.54, 1.807) is 0 Å². The van der Waals surface area contributed by atoms with E-state index in [0.717, 1.165) is 83.5 Å². The van der Waals surface area contributed by atoms with Crippen molar-refractivity contribution >= 4 is 17.9 Å². The lowest BCUT2D eigenvalue weighted by atomic mass is 10.1. The number of ether oxygens (including phenoxy) is 3. The summed E-state index contributed by atoms with van der Waals surface area (Å²) in [4.78, 5) is 38.2. The summed E-state index contributed by atoms with van der Waals surface area (Å²) in [5.41, 5.74) is 0. The molecule has 0 unspecified atom stereocenters. The largest absolute Gasteiger partial charge is 0.462 e. The van der Waals surface area contributed by atoms with Crippen molar-refractivity contribution in [1.29, 1.82) is 0 Å². The first-order valence-electron chi connectivity index (χ1n) is 29.1. The molecule has 0 aliphatic rings. The highest BCUT2D eigenvalue weighted by molar-refractivity contribution is 5.71. The van der Waals surface area contributed by atoms with Crippen LogP contribution in [-0.2, 0) is 28.6 Å². The van der Waals surface area contributed by atoms with Crippen molar-refractivity contribution in [3.8, 4) is 0 Å². The maximum absolute atomic E-state index is 12.8. The number of allylic oxidation sites excluding steroid dienone is 14. The summed E-state index contributed by atoms with van der Waals surface area (Å²) in [5, 5.41) is 0. The molecular weight excluding hydrogens is 853 g/mol. The first-order chi connectivity index (χ1) is 34.0. The number of hydrogen-bond acceptors (Lipinski definition) is 6. The Bertz CT molecular complexity index is 1330. The predicted octanol–water partition coefficient (Wildman–Crippen LogP) is 19.5. The first kappa shape index (κ1) is 65.6. The average Bonchev–Trinajstić information content (AvgIpc) is 3.35. The molecule has 0 heterocycles. The Labute approximate surface area is 426 Å². The fourth-order valence-corrected chi connectivity index (χ4v) is 7.99. The molecule has 0 amide bonds. The SMILES string of the molecule is CC/C=C\C/C=C\C/C=C\C/C=C\CCCCC(=O)O[C@@H](COC(=O)CCCCCCCCC/C=C\CCCCCCCC)COC(=O)CCCCCCCCCCC/C=C\C/C=C\CCCCC. The van der Waals surface area contributed by atoms with E-state index >= 15 is 0 Å². The summed E-state index contributed by atoms with van der Waals surface area (Å²) in [6, 6.07) is 0. The van der Waals surface area contributed by atoms with Crippen LogP contribution >= 0.6 is 0 Å². The van der Waals surface area contributed by atoms with Crippen molar-refractivity contribution in [3.63, 3.8) is 0 Å². The van der Waals surface area contributed by atoms with Crippen LogP contribution < -0.4 is 0 Å². The third-order valence-electron chi connectivity index (χ3n) is 12.4. The van der Waals surface area contributed by atoms with Crippen molar-refractivity contribution in [2.45, 2.75) is 284 Å². The Morgan fingerprint density at radius 2 is 0.565 bits per heavy atom. The molecule has 0 saturated heterocycles. The smallest absolute Gasteiger partial charge is 0.306 e. The molecule has 0 aliphatic carbocycles. The van der Waals surface area contributed by atoms with Gasteiger partial charge in [-0.2, -0.15) is 0 Å². The molecule has 1 atom stereocenters. The van der Waals surface area contributed by atoms with E-state index in [1.807, 2.05) is 0 Å². The van der Waals surface area contributed by atoms with Crippen LogP contribution in [0.5, 0.6) is 0 Å². The van der Waals surface area contributed by atoms with Gasteiger partial charge in [0.1, 0.15) is 13.2 Å². The quantitative estimate of drug-likeness (QED) is 0.0262. The minimum absolute atomic E-state index is 0.0965. The third kappa shape index (κ3) is 55.4. The predicted molar refractivity (Wildman–Crippen MR) is 297 cm³/mol. The topological polar surface area (TPSA) is 78.9 Å². The Hall–Kier alpha value is -3.41. The van der Waals surface area contributed by atoms with Gasteiger partial charge in [-0.1, -0.05) is 228 Å². The van der Waals surface area contributed by atoms with E-state index in [9.17, 15) is 14.4 Å². The highest BCUT2D eigenvalue weighted by Gasteiger charge is 2.19. The monoisotopic (exact) mass is 961 g/mol. The van der Waals surface area contributed by atoms with Gasteiger partial charge in [0, 0.05) is 19.3 Å². The summed E-state index contributed by atoms with van der Waals surface area (Å²) >= 11 is 0. The second-order valence-electron chi connectivity index (χ2n) is 19.2. The summed E-state index contributed by atoms with van der Waals surface area (Å²) in [6.07, 6.45) is 74.3. The van der Waals surface area contributed by atoms with Gasteiger partial charge in [-0.3, -0.25) is 14.4 Å². The molecule has 0 bridgehead atoms. The van der Waals surface area contributed by atoms with E-state index in [0.29, 0.717) is 19.3 Å². The number of unbranched alkanes of at least 4 members (excludes halogenated alkanes) is 27. The maximum atomic E-state index is 12.8. The second-order valence-corrected chi connectivity index (χ2v) is 19.2. The normalized spacial score (nSPS) is 12.7. The average molecular weight is 962 g/mol. The second kappa shape index (κ2) is 57.2. The zero-order valence-electron chi connectivity index (χ0n) is 45.3. The number of hydrogen-bond donors (Lipinski definition) is 0. The fourth-order valence-electron chi connectivity index (χ4n) is 7.99. The van der Waals surface area contributed by atoms with Crippen LogP contribution in [0.4, 0.5) is 0 Å². The molecule has 0 aromatic rings. The van der Waals surface area contributed by atoms with Crippen LogP contribution in [0.1, 0.15) is 278 Å². The van der Waals surface area contributed by atoms with Crippen molar-refractivity contribution in [2.75, 3.05) is 13.2 Å². The number of carbonyl (C=O) groups is 3. The van der Waals surface area contributed by atoms with Gasteiger partial charge in [0.05, 0.1) is 0 Å². The maximum Gasteiger partial charge on any atom is 0.306 e. The van der Waals surface area contributed by atoms with Crippen LogP contribution in [0.25, 0.3) is 0 Å². The molecule has 0 fully saturated rings. The molecule has 0 aliphatic heterocycles. The van der Waals surface area contributed by atoms with Crippen molar-refractivity contribution < 1.29 is 28.6 Å². The number of carbonyl (C=O) groups excluding carboxylic acids is 3. The zero-order chi connectivity index (χ0) is 50.0. The van der Waals surface area contributed by atoms with Crippen LogP contribution in [0, 0.1) is 0 Å². The number of rotatable bonds is 52. The lowest BCUT2D eigenvalue weighted by Crippen LogP contribution is -2.30. The van der Waals surface area contributed by atoms with Gasteiger partial charge in [0.2, 0.25) is 0 Å². The fraction of sp³-hybridized carbons (Fsp3) is 0.730. The van der Waals surface area contributed by atoms with E-state index in [-0.39, 0.29) is 37.5 Å². The number of esters is 3. The molecule has 0 spiro atoms. The van der Waals surface area contributed by atoms with Crippen molar-refractivity contribution in [3.05, 3.63) is 85.1 Å². The molecule has 69 heavy (non-hydrogen) atoms. The minimum atomic E-state index is -0.802. The molecule has 0 saturated carbocycles. The standard InChI is InChI=1S/C63H108O6/c1-4-7-10-13-16-19-22-25-28-30-31-33-36-38-41-44-47-50-53-56-62(65)68-59-60(69-63(66)57-54-51-48-45-42-39-34-27-24-21-18-15-12-9-6-3)58-67-61(64)55-52-49-46-43-40-37-35-32-29-26-23-20-17-14-11-8-5-2/h9,12,16,18-19,21,25-29,34,42,45,60H,4-8,10-11,13-15,17,20,22-24,30-33,35-41,43-44,46-59H2,1-3H3/b12-9-,19-16-,21-18-,28-25-,29-26-,34-27-,45-42-/t60-/m0/s1.